The highest BCUT2D eigenvalue weighted by molar-refractivity contribution is 5.81. The van der Waals surface area contributed by atoms with Crippen LogP contribution in [0.2, 0.25) is 0 Å². The Bertz CT molecular complexity index is 2100. The van der Waals surface area contributed by atoms with Crippen molar-refractivity contribution >= 4 is 0 Å². The van der Waals surface area contributed by atoms with Crippen LogP contribution in [-0.4, -0.2) is 19.9 Å². The van der Waals surface area contributed by atoms with Crippen LogP contribution in [0.25, 0.3) is 78.9 Å². The Morgan fingerprint density at radius 1 is 0.265 bits per heavy atom. The van der Waals surface area contributed by atoms with Crippen molar-refractivity contribution in [2.24, 2.45) is 0 Å². The van der Waals surface area contributed by atoms with Crippen molar-refractivity contribution in [2.75, 3.05) is 0 Å². The molecule has 0 aliphatic carbocycles. The summed E-state index contributed by atoms with van der Waals surface area (Å²) >= 11 is 0. The van der Waals surface area contributed by atoms with Gasteiger partial charge in [0.05, 0.1) is 22.8 Å². The molecule has 0 bridgehead atoms. The normalized spacial score (nSPS) is 11.0. The molecule has 0 saturated heterocycles. The number of aromatic nitrogens is 4. The number of aryl methyl sites for hydroxylation is 1. The van der Waals surface area contributed by atoms with Crippen LogP contribution in [-0.2, 0) is 0 Å². The summed E-state index contributed by atoms with van der Waals surface area (Å²) in [6.07, 6.45) is 0. The molecule has 0 amide bonds. The standard InChI is InChI=1S/C45H32N4/c1-31-22-24-32(25-23-31)37-26-38(44-46-40(33-14-6-2-7-15-33)29-41(47-44)34-16-8-3-9-17-34)28-39(27-37)45-48-42(35-18-10-4-11-19-35)30-43(49-45)36-20-12-5-13-21-36/h2-30H,1H3. The zero-order chi connectivity index (χ0) is 33.0. The first-order chi connectivity index (χ1) is 24.2. The van der Waals surface area contributed by atoms with Gasteiger partial charge >= 0.3 is 0 Å². The highest BCUT2D eigenvalue weighted by Gasteiger charge is 2.16. The van der Waals surface area contributed by atoms with Gasteiger partial charge in [-0.25, -0.2) is 19.9 Å². The lowest BCUT2D eigenvalue weighted by atomic mass is 9.97. The van der Waals surface area contributed by atoms with Crippen LogP contribution in [0, 0.1) is 6.92 Å². The molecule has 0 aliphatic rings. The Kier molecular flexibility index (Phi) is 8.11. The SMILES string of the molecule is Cc1ccc(-c2cc(-c3nc(-c4ccccc4)cc(-c4ccccc4)n3)cc(-c3nc(-c4ccccc4)cc(-c4ccccc4)n3)c2)cc1. The van der Waals surface area contributed by atoms with Crippen LogP contribution in [0.3, 0.4) is 0 Å². The third-order valence-electron chi connectivity index (χ3n) is 8.56. The topological polar surface area (TPSA) is 51.6 Å². The average molecular weight is 629 g/mol. The zero-order valence-electron chi connectivity index (χ0n) is 27.0. The smallest absolute Gasteiger partial charge is 0.160 e. The van der Waals surface area contributed by atoms with Crippen molar-refractivity contribution in [3.63, 3.8) is 0 Å². The highest BCUT2D eigenvalue weighted by atomic mass is 14.9. The molecule has 2 aromatic heterocycles. The van der Waals surface area contributed by atoms with E-state index in [-0.39, 0.29) is 0 Å². The lowest BCUT2D eigenvalue weighted by molar-refractivity contribution is 1.17. The number of hydrogen-bond donors (Lipinski definition) is 0. The Labute approximate surface area is 286 Å². The summed E-state index contributed by atoms with van der Waals surface area (Å²) in [6.45, 7) is 2.10. The molecule has 0 aliphatic heterocycles. The van der Waals surface area contributed by atoms with E-state index in [1.165, 1.54) is 5.56 Å². The zero-order valence-corrected chi connectivity index (χ0v) is 27.0. The Morgan fingerprint density at radius 2 is 0.571 bits per heavy atom. The number of hydrogen-bond acceptors (Lipinski definition) is 4. The molecule has 8 aromatic rings. The van der Waals surface area contributed by atoms with E-state index in [0.29, 0.717) is 11.6 Å². The van der Waals surface area contributed by atoms with Crippen molar-refractivity contribution in [1.82, 2.24) is 19.9 Å². The van der Waals surface area contributed by atoms with Crippen molar-refractivity contribution in [3.8, 4) is 78.9 Å². The second-order valence-corrected chi connectivity index (χ2v) is 12.1. The second-order valence-electron chi connectivity index (χ2n) is 12.1. The van der Waals surface area contributed by atoms with Crippen molar-refractivity contribution in [3.05, 3.63) is 181 Å². The van der Waals surface area contributed by atoms with Gasteiger partial charge in [0, 0.05) is 33.4 Å². The van der Waals surface area contributed by atoms with Gasteiger partial charge in [0.2, 0.25) is 0 Å². The molecule has 0 fully saturated rings. The molecular formula is C45H32N4. The molecule has 0 atom stereocenters. The molecule has 4 heteroatoms. The molecule has 0 saturated carbocycles. The summed E-state index contributed by atoms with van der Waals surface area (Å²) in [6, 6.07) is 60.3. The van der Waals surface area contributed by atoms with Gasteiger partial charge in [0.25, 0.3) is 0 Å². The fourth-order valence-corrected chi connectivity index (χ4v) is 5.98. The lowest BCUT2D eigenvalue weighted by Crippen LogP contribution is -1.99. The third kappa shape index (κ3) is 6.53. The Balaban J connectivity index is 1.37. The van der Waals surface area contributed by atoms with E-state index >= 15 is 0 Å². The summed E-state index contributed by atoms with van der Waals surface area (Å²) in [5.41, 5.74) is 12.7. The molecule has 49 heavy (non-hydrogen) atoms. The highest BCUT2D eigenvalue weighted by Crippen LogP contribution is 2.35. The van der Waals surface area contributed by atoms with Crippen LogP contribution in [0.4, 0.5) is 0 Å². The first-order valence-electron chi connectivity index (χ1n) is 16.4. The van der Waals surface area contributed by atoms with E-state index in [4.69, 9.17) is 19.9 Å². The quantitative estimate of drug-likeness (QED) is 0.176. The maximum atomic E-state index is 5.16. The molecule has 0 N–H and O–H groups in total. The molecule has 0 unspecified atom stereocenters. The van der Waals surface area contributed by atoms with Crippen LogP contribution < -0.4 is 0 Å². The number of rotatable bonds is 7. The van der Waals surface area contributed by atoms with E-state index < -0.39 is 0 Å². The van der Waals surface area contributed by atoms with Gasteiger partial charge in [-0.2, -0.15) is 0 Å². The lowest BCUT2D eigenvalue weighted by Gasteiger charge is -2.14. The van der Waals surface area contributed by atoms with Crippen LogP contribution >= 0.6 is 0 Å². The summed E-state index contributed by atoms with van der Waals surface area (Å²) in [4.78, 5) is 20.6. The van der Waals surface area contributed by atoms with Crippen LogP contribution in [0.1, 0.15) is 5.56 Å². The summed E-state index contributed by atoms with van der Waals surface area (Å²) in [7, 11) is 0. The molecule has 232 valence electrons. The summed E-state index contributed by atoms with van der Waals surface area (Å²) in [5.74, 6) is 1.27. The number of nitrogens with zero attached hydrogens (tertiary/aromatic N) is 4. The molecule has 6 aromatic carbocycles. The first-order valence-corrected chi connectivity index (χ1v) is 16.4. The van der Waals surface area contributed by atoms with E-state index in [0.717, 1.165) is 67.3 Å². The fourth-order valence-electron chi connectivity index (χ4n) is 5.98. The molecule has 0 spiro atoms. The van der Waals surface area contributed by atoms with Gasteiger partial charge in [0.15, 0.2) is 11.6 Å². The summed E-state index contributed by atoms with van der Waals surface area (Å²) in [5, 5.41) is 0. The van der Waals surface area contributed by atoms with Crippen molar-refractivity contribution < 1.29 is 0 Å². The molecular weight excluding hydrogens is 597 g/mol. The van der Waals surface area contributed by atoms with E-state index in [1.807, 2.05) is 72.8 Å². The van der Waals surface area contributed by atoms with E-state index in [2.05, 4.69) is 110 Å². The van der Waals surface area contributed by atoms with Crippen molar-refractivity contribution in [1.29, 1.82) is 0 Å². The molecule has 4 nitrogen and oxygen atoms in total. The van der Waals surface area contributed by atoms with Gasteiger partial charge in [-0.1, -0.05) is 151 Å². The summed E-state index contributed by atoms with van der Waals surface area (Å²) < 4.78 is 0. The average Bonchev–Trinajstić information content (AvgIpc) is 3.19. The molecule has 0 radical (unpaired) electrons. The van der Waals surface area contributed by atoms with E-state index in [9.17, 15) is 0 Å². The van der Waals surface area contributed by atoms with Crippen LogP contribution in [0.5, 0.6) is 0 Å². The monoisotopic (exact) mass is 628 g/mol. The minimum Gasteiger partial charge on any atom is -0.228 e. The maximum Gasteiger partial charge on any atom is 0.160 e. The predicted molar refractivity (Wildman–Crippen MR) is 200 cm³/mol. The molecule has 8 rings (SSSR count). The van der Waals surface area contributed by atoms with E-state index in [1.54, 1.807) is 0 Å². The fraction of sp³-hybridized carbons (Fsp3) is 0.0222. The van der Waals surface area contributed by atoms with Gasteiger partial charge in [-0.05, 0) is 48.4 Å². The Hall–Kier alpha value is -6.52. The molecule has 2 heterocycles. The van der Waals surface area contributed by atoms with Crippen molar-refractivity contribution in [2.45, 2.75) is 6.92 Å². The number of benzene rings is 6. The largest absolute Gasteiger partial charge is 0.228 e. The predicted octanol–water partition coefficient (Wildman–Crippen LogP) is 11.2. The first kappa shape index (κ1) is 29.9. The third-order valence-corrected chi connectivity index (χ3v) is 8.56. The van der Waals surface area contributed by atoms with Gasteiger partial charge < -0.3 is 0 Å². The van der Waals surface area contributed by atoms with Crippen LogP contribution in [0.15, 0.2) is 176 Å². The van der Waals surface area contributed by atoms with Gasteiger partial charge in [-0.15, -0.1) is 0 Å². The minimum absolute atomic E-state index is 0.637. The Morgan fingerprint density at radius 3 is 0.898 bits per heavy atom. The van der Waals surface area contributed by atoms with Gasteiger partial charge in [0.1, 0.15) is 0 Å². The second kappa shape index (κ2) is 13.3. The maximum absolute atomic E-state index is 5.16. The van der Waals surface area contributed by atoms with Gasteiger partial charge in [-0.3, -0.25) is 0 Å². The minimum atomic E-state index is 0.637.